The molecule has 1 aliphatic rings. The number of phenolic OH excluding ortho intramolecular Hbond substituents is 2. The lowest BCUT2D eigenvalue weighted by molar-refractivity contribution is -0.113. The number of phenols is 2. The number of thioether (sulfide) groups is 1. The number of rotatable bonds is 2. The van der Waals surface area contributed by atoms with E-state index in [1.807, 2.05) is 0 Å². The molecule has 0 saturated carbocycles. The number of carbonyl (C=O) groups is 1. The van der Waals surface area contributed by atoms with Crippen molar-refractivity contribution < 1.29 is 15.0 Å². The Morgan fingerprint density at radius 3 is 2.61 bits per heavy atom. The molecule has 0 aromatic heterocycles. The largest absolute Gasteiger partial charge is 0.504 e. The molecule has 7 heteroatoms. The van der Waals surface area contributed by atoms with Gasteiger partial charge in [-0.25, -0.2) is 0 Å². The maximum absolute atomic E-state index is 12.6. The molecule has 1 fully saturated rings. The second-order valence-electron chi connectivity index (χ2n) is 4.75. The number of thiocarbonyl (C=S) groups is 1. The van der Waals surface area contributed by atoms with Crippen LogP contribution in [0.4, 0.5) is 5.69 Å². The molecule has 0 spiro atoms. The summed E-state index contributed by atoms with van der Waals surface area (Å²) in [5, 5.41) is 19.4. The van der Waals surface area contributed by atoms with Crippen molar-refractivity contribution in [3.63, 3.8) is 0 Å². The maximum Gasteiger partial charge on any atom is 0.270 e. The van der Waals surface area contributed by atoms with Gasteiger partial charge in [0.15, 0.2) is 15.8 Å². The Balaban J connectivity index is 1.94. The lowest BCUT2D eigenvalue weighted by atomic mass is 10.2. The molecule has 2 N–H and O–H groups in total. The van der Waals surface area contributed by atoms with Gasteiger partial charge in [0, 0.05) is 5.02 Å². The molecule has 1 aliphatic heterocycles. The van der Waals surface area contributed by atoms with Crippen LogP contribution in [0.15, 0.2) is 47.4 Å². The average molecular weight is 364 g/mol. The third-order valence-electron chi connectivity index (χ3n) is 3.16. The molecule has 1 saturated heterocycles. The number of carbonyl (C=O) groups excluding carboxylic acids is 1. The first-order valence-electron chi connectivity index (χ1n) is 6.51. The molecule has 0 unspecified atom stereocenters. The third-order valence-corrected chi connectivity index (χ3v) is 4.69. The van der Waals surface area contributed by atoms with E-state index in [4.69, 9.17) is 23.8 Å². The van der Waals surface area contributed by atoms with Crippen molar-refractivity contribution in [2.24, 2.45) is 0 Å². The summed E-state index contributed by atoms with van der Waals surface area (Å²) in [5.41, 5.74) is 1.20. The van der Waals surface area contributed by atoms with Crippen molar-refractivity contribution in [1.29, 1.82) is 0 Å². The number of halogens is 1. The SMILES string of the molecule is O=C1C(=Cc2ccc(O)c(O)c2)SC(=S)N1c1cccc(Cl)c1. The van der Waals surface area contributed by atoms with E-state index in [0.29, 0.717) is 25.5 Å². The van der Waals surface area contributed by atoms with E-state index >= 15 is 0 Å². The van der Waals surface area contributed by atoms with E-state index in [2.05, 4.69) is 0 Å². The first-order valence-corrected chi connectivity index (χ1v) is 8.11. The summed E-state index contributed by atoms with van der Waals surface area (Å²) in [6, 6.07) is 11.2. The van der Waals surface area contributed by atoms with Gasteiger partial charge in [0.05, 0.1) is 10.6 Å². The van der Waals surface area contributed by atoms with Gasteiger partial charge in [0.2, 0.25) is 0 Å². The van der Waals surface area contributed by atoms with Crippen molar-refractivity contribution >= 4 is 57.6 Å². The van der Waals surface area contributed by atoms with E-state index in [9.17, 15) is 15.0 Å². The molecule has 3 rings (SSSR count). The zero-order chi connectivity index (χ0) is 16.6. The number of hydrogen-bond acceptors (Lipinski definition) is 5. The average Bonchev–Trinajstić information content (AvgIpc) is 2.77. The van der Waals surface area contributed by atoms with Crippen molar-refractivity contribution in [3.05, 3.63) is 58.0 Å². The van der Waals surface area contributed by atoms with Crippen LogP contribution in [0.25, 0.3) is 6.08 Å². The highest BCUT2D eigenvalue weighted by atomic mass is 35.5. The molecule has 4 nitrogen and oxygen atoms in total. The van der Waals surface area contributed by atoms with E-state index < -0.39 is 0 Å². The predicted octanol–water partition coefficient (Wildman–Crippen LogP) is 4.16. The van der Waals surface area contributed by atoms with Gasteiger partial charge in [0.25, 0.3) is 5.91 Å². The number of anilines is 1. The standard InChI is InChI=1S/C16H10ClNO3S2/c17-10-2-1-3-11(8-10)18-15(21)14(23-16(18)22)7-9-4-5-12(19)13(20)6-9/h1-8,19-20H. The Morgan fingerprint density at radius 1 is 1.13 bits per heavy atom. The van der Waals surface area contributed by atoms with Crippen LogP contribution in [-0.2, 0) is 4.79 Å². The fourth-order valence-electron chi connectivity index (χ4n) is 2.09. The zero-order valence-corrected chi connectivity index (χ0v) is 14.0. The Hall–Kier alpha value is -2.02. The quantitative estimate of drug-likeness (QED) is 0.476. The monoisotopic (exact) mass is 363 g/mol. The summed E-state index contributed by atoms with van der Waals surface area (Å²) in [7, 11) is 0. The molecule has 1 heterocycles. The van der Waals surface area contributed by atoms with Gasteiger partial charge in [-0.15, -0.1) is 0 Å². The van der Waals surface area contributed by atoms with E-state index in [0.717, 1.165) is 0 Å². The van der Waals surface area contributed by atoms with Gasteiger partial charge < -0.3 is 10.2 Å². The smallest absolute Gasteiger partial charge is 0.270 e. The number of nitrogens with zero attached hydrogens (tertiary/aromatic N) is 1. The van der Waals surface area contributed by atoms with Crippen LogP contribution in [0.2, 0.25) is 5.02 Å². The normalized spacial score (nSPS) is 16.4. The Morgan fingerprint density at radius 2 is 1.91 bits per heavy atom. The fourth-order valence-corrected chi connectivity index (χ4v) is 3.57. The van der Waals surface area contributed by atoms with Gasteiger partial charge in [-0.05, 0) is 42.0 Å². The topological polar surface area (TPSA) is 60.8 Å². The fraction of sp³-hybridized carbons (Fsp3) is 0. The summed E-state index contributed by atoms with van der Waals surface area (Å²) in [5.74, 6) is -0.715. The number of hydrogen-bond donors (Lipinski definition) is 2. The maximum atomic E-state index is 12.6. The highest BCUT2D eigenvalue weighted by Crippen LogP contribution is 2.37. The minimum absolute atomic E-state index is 0.214. The molecule has 23 heavy (non-hydrogen) atoms. The summed E-state index contributed by atoms with van der Waals surface area (Å²) < 4.78 is 0.409. The summed E-state index contributed by atoms with van der Waals surface area (Å²) in [6.45, 7) is 0. The van der Waals surface area contributed by atoms with Crippen molar-refractivity contribution in [1.82, 2.24) is 0 Å². The van der Waals surface area contributed by atoms with E-state index in [1.54, 1.807) is 36.4 Å². The molecule has 1 amide bonds. The lowest BCUT2D eigenvalue weighted by Crippen LogP contribution is -2.27. The molecule has 0 radical (unpaired) electrons. The van der Waals surface area contributed by atoms with Crippen LogP contribution >= 0.6 is 35.6 Å². The van der Waals surface area contributed by atoms with Gasteiger partial charge in [-0.2, -0.15) is 0 Å². The highest BCUT2D eigenvalue weighted by molar-refractivity contribution is 8.27. The van der Waals surface area contributed by atoms with Gasteiger partial charge in [-0.3, -0.25) is 9.69 Å². The lowest BCUT2D eigenvalue weighted by Gasteiger charge is -2.14. The molecule has 0 aliphatic carbocycles. The third kappa shape index (κ3) is 3.19. The molecular weight excluding hydrogens is 354 g/mol. The van der Waals surface area contributed by atoms with Crippen LogP contribution in [0.1, 0.15) is 5.56 Å². The second-order valence-corrected chi connectivity index (χ2v) is 6.86. The minimum Gasteiger partial charge on any atom is -0.504 e. The van der Waals surface area contributed by atoms with Crippen LogP contribution in [0.5, 0.6) is 11.5 Å². The van der Waals surface area contributed by atoms with E-state index in [-0.39, 0.29) is 17.4 Å². The molecule has 116 valence electrons. The van der Waals surface area contributed by atoms with Crippen LogP contribution in [-0.4, -0.2) is 20.4 Å². The number of benzene rings is 2. The predicted molar refractivity (Wildman–Crippen MR) is 96.9 cm³/mol. The number of amides is 1. The zero-order valence-electron chi connectivity index (χ0n) is 11.6. The summed E-state index contributed by atoms with van der Waals surface area (Å²) in [6.07, 6.45) is 1.61. The Bertz CT molecular complexity index is 851. The second kappa shape index (κ2) is 6.23. The Kier molecular flexibility index (Phi) is 4.30. The minimum atomic E-state index is -0.255. The number of aromatic hydroxyl groups is 2. The van der Waals surface area contributed by atoms with Crippen LogP contribution in [0, 0.1) is 0 Å². The first-order chi connectivity index (χ1) is 11.0. The Labute approximate surface area is 147 Å². The van der Waals surface area contributed by atoms with Crippen molar-refractivity contribution in [2.75, 3.05) is 4.90 Å². The molecular formula is C16H10ClNO3S2. The first kappa shape index (κ1) is 15.9. The van der Waals surface area contributed by atoms with Crippen molar-refractivity contribution in [3.8, 4) is 11.5 Å². The van der Waals surface area contributed by atoms with Crippen LogP contribution < -0.4 is 4.90 Å². The van der Waals surface area contributed by atoms with Crippen LogP contribution in [0.3, 0.4) is 0 Å². The van der Waals surface area contributed by atoms with Gasteiger partial charge in [0.1, 0.15) is 0 Å². The summed E-state index contributed by atoms with van der Waals surface area (Å²) >= 11 is 12.4. The van der Waals surface area contributed by atoms with Gasteiger partial charge in [-0.1, -0.05) is 47.7 Å². The van der Waals surface area contributed by atoms with Gasteiger partial charge >= 0.3 is 0 Å². The van der Waals surface area contributed by atoms with E-state index in [1.165, 1.54) is 28.8 Å². The molecule has 2 aromatic rings. The molecule has 0 atom stereocenters. The molecule has 2 aromatic carbocycles. The highest BCUT2D eigenvalue weighted by Gasteiger charge is 2.33. The summed E-state index contributed by atoms with van der Waals surface area (Å²) in [4.78, 5) is 14.4. The van der Waals surface area contributed by atoms with Crippen molar-refractivity contribution in [2.45, 2.75) is 0 Å². The molecule has 0 bridgehead atoms.